The fourth-order valence-electron chi connectivity index (χ4n) is 4.70. The summed E-state index contributed by atoms with van der Waals surface area (Å²) in [5, 5.41) is 2.96. The van der Waals surface area contributed by atoms with Gasteiger partial charge in [0.2, 0.25) is 21.8 Å². The molecule has 1 atom stereocenters. The molecule has 8 heteroatoms. The van der Waals surface area contributed by atoms with Gasteiger partial charge in [0.1, 0.15) is 0 Å². The zero-order valence-electron chi connectivity index (χ0n) is 19.2. The largest absolute Gasteiger partial charge is 0.326 e. The molecule has 0 aliphatic carbocycles. The van der Waals surface area contributed by atoms with Crippen molar-refractivity contribution in [2.24, 2.45) is 5.92 Å². The smallest absolute Gasteiger partial charge is 0.243 e. The average molecular weight is 470 g/mol. The Balaban J connectivity index is 1.50. The highest BCUT2D eigenvalue weighted by Gasteiger charge is 2.34. The second kappa shape index (κ2) is 9.65. The van der Waals surface area contributed by atoms with Crippen LogP contribution in [0.5, 0.6) is 0 Å². The van der Waals surface area contributed by atoms with Crippen LogP contribution in [0, 0.1) is 5.92 Å². The van der Waals surface area contributed by atoms with E-state index in [1.54, 1.807) is 23.1 Å². The molecule has 2 amide bonds. The zero-order valence-corrected chi connectivity index (χ0v) is 20.0. The van der Waals surface area contributed by atoms with E-state index in [0.717, 1.165) is 41.8 Å². The van der Waals surface area contributed by atoms with Crippen molar-refractivity contribution in [3.8, 4) is 0 Å². The Labute approximate surface area is 195 Å². The minimum absolute atomic E-state index is 0.0408. The first-order valence-corrected chi connectivity index (χ1v) is 13.0. The van der Waals surface area contributed by atoms with Gasteiger partial charge in [-0.2, -0.15) is 4.31 Å². The molecule has 0 aromatic heterocycles. The van der Waals surface area contributed by atoms with Crippen LogP contribution in [0.4, 0.5) is 11.4 Å². The van der Waals surface area contributed by atoms with Crippen LogP contribution in [0.2, 0.25) is 0 Å². The zero-order chi connectivity index (χ0) is 23.6. The Morgan fingerprint density at radius 3 is 2.67 bits per heavy atom. The summed E-state index contributed by atoms with van der Waals surface area (Å²) >= 11 is 0. The summed E-state index contributed by atoms with van der Waals surface area (Å²) < 4.78 is 28.3. The van der Waals surface area contributed by atoms with Crippen molar-refractivity contribution in [3.63, 3.8) is 0 Å². The Morgan fingerprint density at radius 2 is 1.91 bits per heavy atom. The average Bonchev–Trinajstić information content (AvgIpc) is 2.83. The van der Waals surface area contributed by atoms with E-state index in [-0.39, 0.29) is 23.3 Å². The van der Waals surface area contributed by atoms with Gasteiger partial charge in [-0.3, -0.25) is 9.59 Å². The van der Waals surface area contributed by atoms with Gasteiger partial charge in [0.25, 0.3) is 0 Å². The van der Waals surface area contributed by atoms with E-state index in [1.807, 2.05) is 24.3 Å². The Bertz CT molecular complexity index is 1160. The van der Waals surface area contributed by atoms with E-state index in [4.69, 9.17) is 0 Å². The van der Waals surface area contributed by atoms with Gasteiger partial charge in [0.15, 0.2) is 0 Å². The quantitative estimate of drug-likeness (QED) is 0.725. The molecule has 0 radical (unpaired) electrons. The number of rotatable bonds is 5. The van der Waals surface area contributed by atoms with E-state index in [0.29, 0.717) is 25.9 Å². The van der Waals surface area contributed by atoms with Crippen LogP contribution in [0.15, 0.2) is 47.4 Å². The third kappa shape index (κ3) is 4.96. The fraction of sp³-hybridized carbons (Fsp3) is 0.440. The molecule has 1 N–H and O–H groups in total. The first-order valence-electron chi connectivity index (χ1n) is 11.6. The molecule has 2 heterocycles. The van der Waals surface area contributed by atoms with Crippen LogP contribution in [0.25, 0.3) is 0 Å². The lowest BCUT2D eigenvalue weighted by Gasteiger charge is -2.32. The van der Waals surface area contributed by atoms with Crippen molar-refractivity contribution in [1.82, 2.24) is 4.31 Å². The molecule has 176 valence electrons. The predicted octanol–water partition coefficient (Wildman–Crippen LogP) is 3.59. The number of amides is 2. The maximum Gasteiger partial charge on any atom is 0.243 e. The second-order valence-corrected chi connectivity index (χ2v) is 10.7. The van der Waals surface area contributed by atoms with Crippen molar-refractivity contribution in [2.75, 3.05) is 29.9 Å². The van der Waals surface area contributed by atoms with Gasteiger partial charge >= 0.3 is 0 Å². The molecule has 7 nitrogen and oxygen atoms in total. The fourth-order valence-corrected chi connectivity index (χ4v) is 6.27. The summed E-state index contributed by atoms with van der Waals surface area (Å²) in [4.78, 5) is 26.7. The van der Waals surface area contributed by atoms with Crippen LogP contribution in [-0.2, 0) is 32.5 Å². The van der Waals surface area contributed by atoms with Gasteiger partial charge in [0, 0.05) is 37.9 Å². The number of nitrogens with zero attached hydrogens (tertiary/aromatic N) is 2. The van der Waals surface area contributed by atoms with Crippen molar-refractivity contribution in [1.29, 1.82) is 0 Å². The van der Waals surface area contributed by atoms with Crippen LogP contribution < -0.4 is 10.2 Å². The van der Waals surface area contributed by atoms with E-state index in [9.17, 15) is 18.0 Å². The van der Waals surface area contributed by atoms with E-state index >= 15 is 0 Å². The Hall–Kier alpha value is -2.71. The molecular weight excluding hydrogens is 438 g/mol. The third-order valence-electron chi connectivity index (χ3n) is 6.55. The third-order valence-corrected chi connectivity index (χ3v) is 8.41. The van der Waals surface area contributed by atoms with Crippen LogP contribution in [0.1, 0.15) is 44.2 Å². The number of hydrogen-bond donors (Lipinski definition) is 1. The number of nitrogens with one attached hydrogen (secondary N) is 1. The highest BCUT2D eigenvalue weighted by Crippen LogP contribution is 2.32. The second-order valence-electron chi connectivity index (χ2n) is 8.81. The minimum Gasteiger partial charge on any atom is -0.326 e. The SMILES string of the molecule is CCc1cccc(NC(=O)[C@H]2CCCN(S(=O)(=O)c3ccc4c(c3)CCCN4C(C)=O)C2)c1. The summed E-state index contributed by atoms with van der Waals surface area (Å²) in [6.07, 6.45) is 3.72. The lowest BCUT2D eigenvalue weighted by molar-refractivity contribution is -0.121. The number of carbonyl (C=O) groups is 2. The van der Waals surface area contributed by atoms with Crippen LogP contribution in [0.3, 0.4) is 0 Å². The lowest BCUT2D eigenvalue weighted by Crippen LogP contribution is -2.43. The van der Waals surface area contributed by atoms with Crippen LogP contribution >= 0.6 is 0 Å². The molecule has 1 saturated heterocycles. The topological polar surface area (TPSA) is 86.8 Å². The Kier molecular flexibility index (Phi) is 6.86. The summed E-state index contributed by atoms with van der Waals surface area (Å²) in [5.41, 5.74) is 3.54. The number of sulfonamides is 1. The first-order chi connectivity index (χ1) is 15.8. The van der Waals surface area contributed by atoms with Gasteiger partial charge in [-0.1, -0.05) is 19.1 Å². The molecule has 1 fully saturated rings. The van der Waals surface area contributed by atoms with Gasteiger partial charge in [-0.25, -0.2) is 8.42 Å². The maximum absolute atomic E-state index is 13.4. The maximum atomic E-state index is 13.4. The molecule has 0 unspecified atom stereocenters. The number of anilines is 2. The predicted molar refractivity (Wildman–Crippen MR) is 129 cm³/mol. The first kappa shape index (κ1) is 23.4. The molecule has 33 heavy (non-hydrogen) atoms. The molecular formula is C25H31N3O4S. The number of benzene rings is 2. The molecule has 0 saturated carbocycles. The standard InChI is InChI=1S/C25H31N3O4S/c1-3-19-7-4-10-22(15-19)26-25(30)21-9-5-13-27(17-21)33(31,32)23-11-12-24-20(16-23)8-6-14-28(24)18(2)29/h4,7,10-12,15-16,21H,3,5-6,8-9,13-14,17H2,1-2H3,(H,26,30)/t21-/m0/s1. The van der Waals surface area contributed by atoms with Gasteiger partial charge in [0.05, 0.1) is 10.8 Å². The highest BCUT2D eigenvalue weighted by atomic mass is 32.2. The Morgan fingerprint density at radius 1 is 1.09 bits per heavy atom. The minimum atomic E-state index is -3.73. The number of aryl methyl sites for hydroxylation is 2. The summed E-state index contributed by atoms with van der Waals surface area (Å²) in [6, 6.07) is 12.7. The number of hydrogen-bond acceptors (Lipinski definition) is 4. The van der Waals surface area contributed by atoms with Crippen molar-refractivity contribution in [2.45, 2.75) is 50.8 Å². The number of fused-ring (bicyclic) bond motifs is 1. The van der Waals surface area contributed by atoms with E-state index < -0.39 is 15.9 Å². The van der Waals surface area contributed by atoms with E-state index in [2.05, 4.69) is 12.2 Å². The van der Waals surface area contributed by atoms with Crippen LogP contribution in [-0.4, -0.2) is 44.2 Å². The summed E-state index contributed by atoms with van der Waals surface area (Å²) in [5.74, 6) is -0.587. The van der Waals surface area contributed by atoms with Gasteiger partial charge in [-0.15, -0.1) is 0 Å². The molecule has 4 rings (SSSR count). The van der Waals surface area contributed by atoms with Crippen molar-refractivity contribution < 1.29 is 18.0 Å². The van der Waals surface area contributed by atoms with Gasteiger partial charge in [-0.05, 0) is 73.6 Å². The van der Waals surface area contributed by atoms with Gasteiger partial charge < -0.3 is 10.2 Å². The van der Waals surface area contributed by atoms with Crippen molar-refractivity contribution >= 4 is 33.2 Å². The normalized spacial score (nSPS) is 19.1. The summed E-state index contributed by atoms with van der Waals surface area (Å²) in [7, 11) is -3.73. The van der Waals surface area contributed by atoms with E-state index in [1.165, 1.54) is 11.2 Å². The molecule has 2 aromatic rings. The highest BCUT2D eigenvalue weighted by molar-refractivity contribution is 7.89. The molecule has 0 spiro atoms. The van der Waals surface area contributed by atoms with Crippen molar-refractivity contribution in [3.05, 3.63) is 53.6 Å². The molecule has 0 bridgehead atoms. The monoisotopic (exact) mass is 469 g/mol. The number of piperidine rings is 1. The lowest BCUT2D eigenvalue weighted by atomic mass is 9.98. The number of carbonyl (C=O) groups excluding carboxylic acids is 2. The summed E-state index contributed by atoms with van der Waals surface area (Å²) in [6.45, 7) is 4.80. The molecule has 2 aliphatic rings. The molecule has 2 aliphatic heterocycles. The molecule has 2 aromatic carbocycles.